The molecule has 1 atom stereocenters. The summed E-state index contributed by atoms with van der Waals surface area (Å²) in [5, 5.41) is 4.15. The molecular weight excluding hydrogens is 324 g/mol. The lowest BCUT2D eigenvalue weighted by molar-refractivity contribution is 0.590. The van der Waals surface area contributed by atoms with Gasteiger partial charge in [-0.25, -0.2) is 0 Å². The Kier molecular flexibility index (Phi) is 4.97. The van der Waals surface area contributed by atoms with Crippen LogP contribution in [0.15, 0.2) is 41.1 Å². The number of aryl methyl sites for hydroxylation is 1. The van der Waals surface area contributed by atoms with Gasteiger partial charge in [0.25, 0.3) is 0 Å². The Morgan fingerprint density at radius 1 is 1.32 bits per heavy atom. The second-order valence-electron chi connectivity index (χ2n) is 4.57. The highest BCUT2D eigenvalue weighted by Gasteiger charge is 2.11. The maximum Gasteiger partial charge on any atom is 0.0435 e. The molecule has 1 aromatic carbocycles. The third-order valence-corrected chi connectivity index (χ3v) is 3.99. The van der Waals surface area contributed by atoms with Crippen molar-refractivity contribution in [3.8, 4) is 0 Å². The van der Waals surface area contributed by atoms with Gasteiger partial charge in [-0.05, 0) is 65.1 Å². The van der Waals surface area contributed by atoms with E-state index >= 15 is 0 Å². The van der Waals surface area contributed by atoms with Gasteiger partial charge in [0.05, 0.1) is 0 Å². The first-order chi connectivity index (χ1) is 9.10. The maximum atomic E-state index is 6.07. The van der Waals surface area contributed by atoms with Crippen LogP contribution in [0.2, 0.25) is 5.02 Å². The van der Waals surface area contributed by atoms with Gasteiger partial charge in [0.1, 0.15) is 0 Å². The predicted octanol–water partition coefficient (Wildman–Crippen LogP) is 4.31. The fourth-order valence-electron chi connectivity index (χ4n) is 2.07. The minimum Gasteiger partial charge on any atom is -0.313 e. The smallest absolute Gasteiger partial charge is 0.0435 e. The number of hydrogen-bond acceptors (Lipinski definition) is 2. The molecule has 2 rings (SSSR count). The number of nitrogens with zero attached hydrogens (tertiary/aromatic N) is 1. The lowest BCUT2D eigenvalue weighted by atomic mass is 9.98. The molecule has 2 aromatic rings. The zero-order valence-electron chi connectivity index (χ0n) is 11.0. The van der Waals surface area contributed by atoms with Crippen LogP contribution in [0.4, 0.5) is 0 Å². The van der Waals surface area contributed by atoms with E-state index in [1.807, 2.05) is 26.2 Å². The number of pyridine rings is 1. The van der Waals surface area contributed by atoms with E-state index in [0.29, 0.717) is 0 Å². The molecule has 0 bridgehead atoms. The zero-order chi connectivity index (χ0) is 13.8. The summed E-state index contributed by atoms with van der Waals surface area (Å²) in [5.41, 5.74) is 3.54. The Hall–Kier alpha value is -0.900. The van der Waals surface area contributed by atoms with Gasteiger partial charge in [0, 0.05) is 27.9 Å². The van der Waals surface area contributed by atoms with Crippen LogP contribution in [-0.2, 0) is 6.42 Å². The van der Waals surface area contributed by atoms with Gasteiger partial charge >= 0.3 is 0 Å². The fourth-order valence-corrected chi connectivity index (χ4v) is 2.60. The zero-order valence-corrected chi connectivity index (χ0v) is 13.3. The van der Waals surface area contributed by atoms with Crippen molar-refractivity contribution in [1.29, 1.82) is 0 Å². The lowest BCUT2D eigenvalue weighted by Crippen LogP contribution is -2.19. The average molecular weight is 340 g/mol. The van der Waals surface area contributed by atoms with Gasteiger partial charge in [-0.2, -0.15) is 0 Å². The molecule has 1 heterocycles. The molecule has 2 nitrogen and oxygen atoms in total. The number of likely N-dealkylation sites (N-methyl/N-ethyl adjacent to an activating group) is 1. The van der Waals surface area contributed by atoms with Crippen molar-refractivity contribution in [2.24, 2.45) is 0 Å². The summed E-state index contributed by atoms with van der Waals surface area (Å²) >= 11 is 9.52. The van der Waals surface area contributed by atoms with Crippen LogP contribution in [0.5, 0.6) is 0 Å². The number of aromatic nitrogens is 1. The Balaban J connectivity index is 2.22. The molecule has 0 aliphatic heterocycles. The molecule has 0 spiro atoms. The number of nitrogens with one attached hydrogen (secondary N) is 1. The summed E-state index contributed by atoms with van der Waals surface area (Å²) in [6.07, 6.45) is 4.59. The predicted molar refractivity (Wildman–Crippen MR) is 83.6 cm³/mol. The van der Waals surface area contributed by atoms with E-state index in [1.54, 1.807) is 6.20 Å². The normalized spacial score (nSPS) is 12.4. The molecule has 4 heteroatoms. The largest absolute Gasteiger partial charge is 0.313 e. The van der Waals surface area contributed by atoms with Crippen LogP contribution in [0.25, 0.3) is 0 Å². The summed E-state index contributed by atoms with van der Waals surface area (Å²) in [6.45, 7) is 2.03. The molecule has 0 aliphatic rings. The molecule has 0 saturated carbocycles. The Bertz CT molecular complexity index is 572. The summed E-state index contributed by atoms with van der Waals surface area (Å²) in [6, 6.07) is 8.51. The van der Waals surface area contributed by atoms with Gasteiger partial charge in [0.15, 0.2) is 0 Å². The first kappa shape index (κ1) is 14.5. The monoisotopic (exact) mass is 338 g/mol. The highest BCUT2D eigenvalue weighted by atomic mass is 79.9. The topological polar surface area (TPSA) is 24.9 Å². The van der Waals surface area contributed by atoms with Crippen LogP contribution >= 0.6 is 27.5 Å². The lowest BCUT2D eigenvalue weighted by Gasteiger charge is -2.17. The molecule has 19 heavy (non-hydrogen) atoms. The van der Waals surface area contributed by atoms with Crippen molar-refractivity contribution < 1.29 is 0 Å². The molecule has 100 valence electrons. The summed E-state index contributed by atoms with van der Waals surface area (Å²) in [5.74, 6) is 0. The molecule has 0 amide bonds. The van der Waals surface area contributed by atoms with Gasteiger partial charge in [0.2, 0.25) is 0 Å². The highest BCUT2D eigenvalue weighted by molar-refractivity contribution is 9.10. The summed E-state index contributed by atoms with van der Waals surface area (Å²) < 4.78 is 1.01. The second-order valence-corrected chi connectivity index (χ2v) is 5.89. The van der Waals surface area contributed by atoms with Gasteiger partial charge in [-0.15, -0.1) is 0 Å². The van der Waals surface area contributed by atoms with Crippen molar-refractivity contribution in [1.82, 2.24) is 10.3 Å². The second kappa shape index (κ2) is 6.51. The van der Waals surface area contributed by atoms with Gasteiger partial charge in [-0.1, -0.05) is 23.7 Å². The van der Waals surface area contributed by atoms with Crippen LogP contribution < -0.4 is 5.32 Å². The van der Waals surface area contributed by atoms with E-state index in [9.17, 15) is 0 Å². The van der Waals surface area contributed by atoms with Crippen LogP contribution in [-0.4, -0.2) is 12.0 Å². The third kappa shape index (κ3) is 3.78. The fraction of sp³-hybridized carbons (Fsp3) is 0.267. The van der Waals surface area contributed by atoms with Gasteiger partial charge in [-0.3, -0.25) is 4.98 Å². The molecule has 0 fully saturated rings. The molecule has 0 saturated heterocycles. The van der Waals surface area contributed by atoms with E-state index < -0.39 is 0 Å². The highest BCUT2D eigenvalue weighted by Crippen LogP contribution is 2.23. The summed E-state index contributed by atoms with van der Waals surface area (Å²) in [7, 11) is 1.97. The van der Waals surface area contributed by atoms with Crippen molar-refractivity contribution in [2.45, 2.75) is 19.4 Å². The van der Waals surface area contributed by atoms with Crippen LogP contribution in [0.1, 0.15) is 22.7 Å². The standard InChI is InChI=1S/C15H16BrClN2/c1-10-5-12(3-4-14(10)17)15(18-2)7-11-6-13(16)9-19-8-11/h3-6,8-9,15,18H,7H2,1-2H3. The minimum atomic E-state index is 0.257. The number of benzene rings is 1. The third-order valence-electron chi connectivity index (χ3n) is 3.13. The van der Waals surface area contributed by atoms with Crippen molar-refractivity contribution in [2.75, 3.05) is 7.05 Å². The molecular formula is C15H16BrClN2. The number of rotatable bonds is 4. The van der Waals surface area contributed by atoms with Crippen molar-refractivity contribution in [3.05, 3.63) is 62.8 Å². The maximum absolute atomic E-state index is 6.07. The molecule has 1 aromatic heterocycles. The van der Waals surface area contributed by atoms with Crippen molar-refractivity contribution >= 4 is 27.5 Å². The molecule has 0 radical (unpaired) electrons. The van der Waals surface area contributed by atoms with Crippen LogP contribution in [0.3, 0.4) is 0 Å². The van der Waals surface area contributed by atoms with E-state index in [1.165, 1.54) is 11.1 Å². The quantitative estimate of drug-likeness (QED) is 0.898. The average Bonchev–Trinajstić information content (AvgIpc) is 2.39. The van der Waals surface area contributed by atoms with Gasteiger partial charge < -0.3 is 5.32 Å². The van der Waals surface area contributed by atoms with E-state index in [4.69, 9.17) is 11.6 Å². The first-order valence-corrected chi connectivity index (χ1v) is 7.30. The first-order valence-electron chi connectivity index (χ1n) is 6.13. The van der Waals surface area contributed by atoms with E-state index in [-0.39, 0.29) is 6.04 Å². The Morgan fingerprint density at radius 2 is 2.11 bits per heavy atom. The Labute approximate surface area is 127 Å². The molecule has 1 unspecified atom stereocenters. The minimum absolute atomic E-state index is 0.257. The molecule has 0 aliphatic carbocycles. The summed E-state index contributed by atoms with van der Waals surface area (Å²) in [4.78, 5) is 4.20. The Morgan fingerprint density at radius 3 is 2.74 bits per heavy atom. The molecule has 1 N–H and O–H groups in total. The van der Waals surface area contributed by atoms with Crippen LogP contribution in [0, 0.1) is 6.92 Å². The SMILES string of the molecule is CNC(Cc1cncc(Br)c1)c1ccc(Cl)c(C)c1. The van der Waals surface area contributed by atoms with E-state index in [0.717, 1.165) is 21.5 Å². The number of halogens is 2. The van der Waals surface area contributed by atoms with Crippen molar-refractivity contribution in [3.63, 3.8) is 0 Å². The van der Waals surface area contributed by atoms with E-state index in [2.05, 4.69) is 44.4 Å². The number of hydrogen-bond donors (Lipinski definition) is 1.